The van der Waals surface area contributed by atoms with Crippen molar-refractivity contribution in [3.8, 4) is 5.75 Å². The lowest BCUT2D eigenvalue weighted by Crippen LogP contribution is -2.50. The summed E-state index contributed by atoms with van der Waals surface area (Å²) in [6.45, 7) is 2.85. The van der Waals surface area contributed by atoms with Gasteiger partial charge in [-0.15, -0.1) is 0 Å². The van der Waals surface area contributed by atoms with Crippen LogP contribution in [-0.2, 0) is 26.2 Å². The van der Waals surface area contributed by atoms with Crippen molar-refractivity contribution in [2.45, 2.75) is 31.3 Å². The van der Waals surface area contributed by atoms with Crippen molar-refractivity contribution in [2.24, 2.45) is 0 Å². The highest BCUT2D eigenvalue weighted by Crippen LogP contribution is 2.25. The molecule has 3 aromatic carbocycles. The second-order valence-electron chi connectivity index (χ2n) is 8.46. The number of sulfonamides is 1. The minimum atomic E-state index is -4.20. The Balaban J connectivity index is 2.00. The number of ether oxygens (including phenoxy) is 1. The van der Waals surface area contributed by atoms with Gasteiger partial charge in [0, 0.05) is 13.6 Å². The summed E-state index contributed by atoms with van der Waals surface area (Å²) in [5.41, 5.74) is 1.71. The molecule has 0 spiro atoms. The molecule has 0 fully saturated rings. The van der Waals surface area contributed by atoms with Crippen LogP contribution in [0.3, 0.4) is 0 Å². The van der Waals surface area contributed by atoms with Gasteiger partial charge in [0.2, 0.25) is 11.8 Å². The van der Waals surface area contributed by atoms with Crippen molar-refractivity contribution in [2.75, 3.05) is 25.0 Å². The maximum atomic E-state index is 13.7. The van der Waals surface area contributed by atoms with Crippen molar-refractivity contribution in [3.05, 3.63) is 89.7 Å². The first kappa shape index (κ1) is 27.7. The van der Waals surface area contributed by atoms with Gasteiger partial charge in [-0.05, 0) is 67.9 Å². The lowest BCUT2D eigenvalue weighted by molar-refractivity contribution is -0.139. The first-order valence-corrected chi connectivity index (χ1v) is 13.0. The largest absolute Gasteiger partial charge is 0.497 e. The number of carbonyl (C=O) groups is 2. The van der Waals surface area contributed by atoms with Crippen LogP contribution in [0.1, 0.15) is 18.1 Å². The third kappa shape index (κ3) is 6.65. The zero-order valence-electron chi connectivity index (χ0n) is 21.1. The number of aryl methyl sites for hydroxylation is 1. The number of nitrogens with zero attached hydrogens (tertiary/aromatic N) is 2. The summed E-state index contributed by atoms with van der Waals surface area (Å²) in [7, 11) is -1.20. The van der Waals surface area contributed by atoms with Crippen molar-refractivity contribution >= 4 is 27.5 Å². The van der Waals surface area contributed by atoms with Crippen LogP contribution in [0.2, 0.25) is 0 Å². The van der Waals surface area contributed by atoms with E-state index in [0.29, 0.717) is 5.75 Å². The van der Waals surface area contributed by atoms with Gasteiger partial charge in [-0.3, -0.25) is 13.9 Å². The van der Waals surface area contributed by atoms with Crippen LogP contribution >= 0.6 is 0 Å². The van der Waals surface area contributed by atoms with E-state index in [1.54, 1.807) is 43.3 Å². The summed E-state index contributed by atoms with van der Waals surface area (Å²) in [5, 5.41) is 2.53. The maximum Gasteiger partial charge on any atom is 0.264 e. The van der Waals surface area contributed by atoms with Crippen LogP contribution in [-0.4, -0.2) is 51.9 Å². The van der Waals surface area contributed by atoms with Gasteiger partial charge in [0.1, 0.15) is 24.2 Å². The van der Waals surface area contributed by atoms with Crippen molar-refractivity contribution < 1.29 is 27.1 Å². The average molecular weight is 528 g/mol. The Morgan fingerprint density at radius 1 is 0.973 bits per heavy atom. The predicted octanol–water partition coefficient (Wildman–Crippen LogP) is 3.50. The summed E-state index contributed by atoms with van der Waals surface area (Å²) >= 11 is 0. The van der Waals surface area contributed by atoms with Gasteiger partial charge in [-0.25, -0.2) is 12.8 Å². The molecular weight excluding hydrogens is 497 g/mol. The molecule has 0 heterocycles. The second-order valence-corrected chi connectivity index (χ2v) is 10.3. The number of halogens is 1. The molecule has 196 valence electrons. The zero-order valence-corrected chi connectivity index (χ0v) is 22.0. The molecule has 0 aliphatic carbocycles. The molecule has 10 heteroatoms. The monoisotopic (exact) mass is 527 g/mol. The molecule has 8 nitrogen and oxygen atoms in total. The first-order valence-electron chi connectivity index (χ1n) is 11.6. The van der Waals surface area contributed by atoms with Gasteiger partial charge < -0.3 is 15.0 Å². The minimum Gasteiger partial charge on any atom is -0.497 e. The van der Waals surface area contributed by atoms with Crippen LogP contribution in [0, 0.1) is 12.7 Å². The van der Waals surface area contributed by atoms with Crippen LogP contribution in [0.5, 0.6) is 5.75 Å². The highest BCUT2D eigenvalue weighted by atomic mass is 32.2. The SMILES string of the molecule is CNC(=O)[C@@H](C)N(Cc1ccc(OC)cc1)C(=O)CN(c1ccc(F)cc1)S(=O)(=O)c1ccc(C)cc1. The van der Waals surface area contributed by atoms with Gasteiger partial charge >= 0.3 is 0 Å². The van der Waals surface area contributed by atoms with E-state index in [0.717, 1.165) is 27.6 Å². The molecule has 3 rings (SSSR count). The number of nitrogens with one attached hydrogen (secondary N) is 1. The zero-order chi connectivity index (χ0) is 27.2. The van der Waals surface area contributed by atoms with Crippen LogP contribution in [0.15, 0.2) is 77.7 Å². The normalized spacial score (nSPS) is 11.9. The number of benzene rings is 3. The molecular formula is C27H30FN3O5S. The number of hydrogen-bond acceptors (Lipinski definition) is 5. The number of hydrogen-bond donors (Lipinski definition) is 1. The van der Waals surface area contributed by atoms with E-state index in [9.17, 15) is 22.4 Å². The lowest BCUT2D eigenvalue weighted by Gasteiger charge is -2.31. The van der Waals surface area contributed by atoms with E-state index in [-0.39, 0.29) is 17.1 Å². The third-order valence-corrected chi connectivity index (χ3v) is 7.72. The van der Waals surface area contributed by atoms with Crippen LogP contribution in [0.25, 0.3) is 0 Å². The Hall–Kier alpha value is -3.92. The van der Waals surface area contributed by atoms with E-state index in [2.05, 4.69) is 5.32 Å². The number of anilines is 1. The summed E-state index contributed by atoms with van der Waals surface area (Å²) in [6, 6.07) is 17.1. The van der Waals surface area contributed by atoms with E-state index < -0.39 is 40.2 Å². The second kappa shape index (κ2) is 11.9. The van der Waals surface area contributed by atoms with E-state index in [1.165, 1.54) is 43.3 Å². The third-order valence-electron chi connectivity index (χ3n) is 5.93. The van der Waals surface area contributed by atoms with Crippen molar-refractivity contribution in [1.82, 2.24) is 10.2 Å². The van der Waals surface area contributed by atoms with Gasteiger partial charge in [0.15, 0.2) is 0 Å². The standard InChI is InChI=1S/C27H30FN3O5S/c1-19-5-15-25(16-6-19)37(34,35)31(23-11-9-22(28)10-12-23)18-26(32)30(20(2)27(33)29-3)17-21-7-13-24(36-4)14-8-21/h5-16,20H,17-18H2,1-4H3,(H,29,33)/t20-/m1/s1. The van der Waals surface area contributed by atoms with Crippen LogP contribution < -0.4 is 14.4 Å². The highest BCUT2D eigenvalue weighted by Gasteiger charge is 2.32. The topological polar surface area (TPSA) is 96.0 Å². The van der Waals surface area contributed by atoms with Gasteiger partial charge in [-0.1, -0.05) is 29.8 Å². The van der Waals surface area contributed by atoms with Gasteiger partial charge in [0.25, 0.3) is 10.0 Å². The molecule has 1 atom stereocenters. The molecule has 3 aromatic rings. The number of rotatable bonds is 10. The first-order chi connectivity index (χ1) is 17.6. The molecule has 0 aliphatic rings. The highest BCUT2D eigenvalue weighted by molar-refractivity contribution is 7.92. The maximum absolute atomic E-state index is 13.7. The number of methoxy groups -OCH3 is 1. The molecule has 0 saturated heterocycles. The number of likely N-dealkylation sites (N-methyl/N-ethyl adjacent to an activating group) is 1. The van der Waals surface area contributed by atoms with Crippen LogP contribution in [0.4, 0.5) is 10.1 Å². The minimum absolute atomic E-state index is 0.0173. The van der Waals surface area contributed by atoms with Gasteiger partial charge in [-0.2, -0.15) is 0 Å². The molecule has 0 bridgehead atoms. The molecule has 0 unspecified atom stereocenters. The number of amides is 2. The fourth-order valence-corrected chi connectivity index (χ4v) is 5.11. The molecule has 1 N–H and O–H groups in total. The average Bonchev–Trinajstić information content (AvgIpc) is 2.90. The molecule has 0 saturated carbocycles. The summed E-state index contributed by atoms with van der Waals surface area (Å²) in [5.74, 6) is -0.923. The fourth-order valence-electron chi connectivity index (χ4n) is 3.69. The Kier molecular flexibility index (Phi) is 8.88. The molecule has 0 aromatic heterocycles. The Bertz CT molecular complexity index is 1330. The summed E-state index contributed by atoms with van der Waals surface area (Å²) in [6.07, 6.45) is 0. The quantitative estimate of drug-likeness (QED) is 0.436. The molecule has 37 heavy (non-hydrogen) atoms. The van der Waals surface area contributed by atoms with E-state index in [4.69, 9.17) is 4.74 Å². The molecule has 2 amide bonds. The number of carbonyl (C=O) groups excluding carboxylic acids is 2. The van der Waals surface area contributed by atoms with Gasteiger partial charge in [0.05, 0.1) is 17.7 Å². The summed E-state index contributed by atoms with van der Waals surface area (Å²) in [4.78, 5) is 27.4. The smallest absolute Gasteiger partial charge is 0.264 e. The summed E-state index contributed by atoms with van der Waals surface area (Å²) < 4.78 is 47.0. The Morgan fingerprint density at radius 2 is 1.57 bits per heavy atom. The fraction of sp³-hybridized carbons (Fsp3) is 0.259. The van der Waals surface area contributed by atoms with Crippen molar-refractivity contribution in [3.63, 3.8) is 0 Å². The molecule has 0 aliphatic heterocycles. The van der Waals surface area contributed by atoms with E-state index >= 15 is 0 Å². The lowest BCUT2D eigenvalue weighted by atomic mass is 10.1. The Labute approximate surface area is 216 Å². The predicted molar refractivity (Wildman–Crippen MR) is 139 cm³/mol. The van der Waals surface area contributed by atoms with Crippen molar-refractivity contribution in [1.29, 1.82) is 0 Å². The Morgan fingerprint density at radius 3 is 2.11 bits per heavy atom. The molecule has 0 radical (unpaired) electrons. The van der Waals surface area contributed by atoms with E-state index in [1.807, 2.05) is 6.92 Å².